The molecule has 1 aromatic heterocycles. The van der Waals surface area contributed by atoms with Gasteiger partial charge >= 0.3 is 0 Å². The number of piperazine rings is 2. The minimum absolute atomic E-state index is 0.737. The third-order valence-electron chi connectivity index (χ3n) is 4.07. The van der Waals surface area contributed by atoms with Crippen LogP contribution in [0.4, 0.5) is 5.95 Å². The average molecular weight is 291 g/mol. The molecule has 2 saturated heterocycles. The smallest absolute Gasteiger partial charge is 0.225 e. The second-order valence-electron chi connectivity index (χ2n) is 5.45. The Morgan fingerprint density at radius 2 is 1.48 bits per heavy atom. The molecule has 0 atom stereocenters. The number of rotatable bonds is 4. The predicted octanol–water partition coefficient (Wildman–Crippen LogP) is -0.145. The first-order valence-corrected chi connectivity index (χ1v) is 7.40. The second-order valence-corrected chi connectivity index (χ2v) is 5.45. The van der Waals surface area contributed by atoms with Crippen molar-refractivity contribution in [1.29, 1.82) is 0 Å². The summed E-state index contributed by atoms with van der Waals surface area (Å²) in [4.78, 5) is 26.1. The van der Waals surface area contributed by atoms with E-state index in [9.17, 15) is 4.91 Å². The Kier molecular flexibility index (Phi) is 4.56. The van der Waals surface area contributed by atoms with Gasteiger partial charge in [-0.25, -0.2) is 9.97 Å². The number of nitrogens with zero attached hydrogens (tertiary/aromatic N) is 7. The zero-order valence-corrected chi connectivity index (χ0v) is 12.1. The van der Waals surface area contributed by atoms with Crippen LogP contribution in [0.5, 0.6) is 0 Å². The Morgan fingerprint density at radius 3 is 2.05 bits per heavy atom. The fourth-order valence-corrected chi connectivity index (χ4v) is 2.79. The average Bonchev–Trinajstić information content (AvgIpc) is 2.57. The third-order valence-corrected chi connectivity index (χ3v) is 4.07. The molecular weight excluding hydrogens is 270 g/mol. The molecule has 0 saturated carbocycles. The molecule has 1 aromatic rings. The quantitative estimate of drug-likeness (QED) is 0.715. The summed E-state index contributed by atoms with van der Waals surface area (Å²) in [6.07, 6.45) is 3.57. The highest BCUT2D eigenvalue weighted by atomic mass is 16.3. The number of hydrogen-bond acceptors (Lipinski definition) is 7. The lowest BCUT2D eigenvalue weighted by Crippen LogP contribution is -2.53. The van der Waals surface area contributed by atoms with Gasteiger partial charge in [0, 0.05) is 51.7 Å². The molecule has 8 nitrogen and oxygen atoms in total. The van der Waals surface area contributed by atoms with E-state index in [4.69, 9.17) is 0 Å². The fraction of sp³-hybridized carbons (Fsp3) is 0.692. The van der Waals surface area contributed by atoms with Gasteiger partial charge in [0.1, 0.15) is 0 Å². The highest BCUT2D eigenvalue weighted by Crippen LogP contribution is 2.11. The van der Waals surface area contributed by atoms with Crippen molar-refractivity contribution < 1.29 is 0 Å². The van der Waals surface area contributed by atoms with E-state index in [1.807, 2.05) is 6.07 Å². The molecule has 2 aliphatic heterocycles. The number of aromatic nitrogens is 2. The van der Waals surface area contributed by atoms with Crippen LogP contribution in [0.15, 0.2) is 23.7 Å². The van der Waals surface area contributed by atoms with E-state index in [-0.39, 0.29) is 0 Å². The molecule has 0 N–H and O–H groups in total. The van der Waals surface area contributed by atoms with Gasteiger partial charge in [-0.3, -0.25) is 14.8 Å². The molecule has 0 radical (unpaired) electrons. The van der Waals surface area contributed by atoms with E-state index < -0.39 is 0 Å². The minimum Gasteiger partial charge on any atom is -0.338 e. The fourth-order valence-electron chi connectivity index (χ4n) is 2.79. The third kappa shape index (κ3) is 3.64. The maximum Gasteiger partial charge on any atom is 0.225 e. The Hall–Kier alpha value is -1.80. The summed E-state index contributed by atoms with van der Waals surface area (Å²) in [6.45, 7) is 8.22. The standard InChI is InChI=1S/C13H21N7O/c21-16-20-10-6-18(7-11-20)12-17-4-8-19(9-5-17)13-14-2-1-3-15-13/h1-3H,4-12H2. The van der Waals surface area contributed by atoms with Gasteiger partial charge in [0.25, 0.3) is 0 Å². The van der Waals surface area contributed by atoms with Crippen LogP contribution < -0.4 is 4.90 Å². The summed E-state index contributed by atoms with van der Waals surface area (Å²) in [5, 5.41) is 4.59. The summed E-state index contributed by atoms with van der Waals surface area (Å²) in [7, 11) is 0. The molecule has 0 unspecified atom stereocenters. The largest absolute Gasteiger partial charge is 0.338 e. The molecule has 0 aliphatic carbocycles. The first kappa shape index (κ1) is 14.2. The first-order chi connectivity index (χ1) is 10.3. The van der Waals surface area contributed by atoms with Gasteiger partial charge in [0.05, 0.1) is 25.0 Å². The normalized spacial score (nSPS) is 21.5. The highest BCUT2D eigenvalue weighted by Gasteiger charge is 2.22. The van der Waals surface area contributed by atoms with Crippen molar-refractivity contribution in [2.24, 2.45) is 5.29 Å². The molecule has 2 fully saturated rings. The lowest BCUT2D eigenvalue weighted by molar-refractivity contribution is 0.0713. The summed E-state index contributed by atoms with van der Waals surface area (Å²) in [5.74, 6) is 0.822. The lowest BCUT2D eigenvalue weighted by atomic mass is 10.3. The zero-order chi connectivity index (χ0) is 14.5. The van der Waals surface area contributed by atoms with Crippen molar-refractivity contribution in [3.05, 3.63) is 23.4 Å². The lowest BCUT2D eigenvalue weighted by Gasteiger charge is -2.39. The number of nitroso groups, excluding NO2 is 1. The van der Waals surface area contributed by atoms with Crippen LogP contribution in [0.2, 0.25) is 0 Å². The van der Waals surface area contributed by atoms with E-state index in [1.165, 1.54) is 0 Å². The molecule has 0 bridgehead atoms. The van der Waals surface area contributed by atoms with Crippen molar-refractivity contribution in [2.45, 2.75) is 0 Å². The van der Waals surface area contributed by atoms with E-state index in [1.54, 1.807) is 17.4 Å². The van der Waals surface area contributed by atoms with E-state index in [0.717, 1.165) is 65.0 Å². The van der Waals surface area contributed by atoms with Crippen molar-refractivity contribution in [3.63, 3.8) is 0 Å². The maximum absolute atomic E-state index is 10.5. The van der Waals surface area contributed by atoms with Crippen LogP contribution in [-0.2, 0) is 0 Å². The molecule has 0 spiro atoms. The number of anilines is 1. The van der Waals surface area contributed by atoms with Crippen LogP contribution in [0.3, 0.4) is 0 Å². The Morgan fingerprint density at radius 1 is 0.905 bits per heavy atom. The van der Waals surface area contributed by atoms with Crippen LogP contribution in [0.1, 0.15) is 0 Å². The van der Waals surface area contributed by atoms with Gasteiger partial charge in [0.15, 0.2) is 0 Å². The van der Waals surface area contributed by atoms with Gasteiger partial charge in [-0.1, -0.05) is 0 Å². The van der Waals surface area contributed by atoms with Crippen molar-refractivity contribution in [2.75, 3.05) is 63.9 Å². The monoisotopic (exact) mass is 291 g/mol. The van der Waals surface area contributed by atoms with Crippen molar-refractivity contribution in [1.82, 2.24) is 24.8 Å². The van der Waals surface area contributed by atoms with Gasteiger partial charge in [0.2, 0.25) is 5.95 Å². The molecule has 21 heavy (non-hydrogen) atoms. The van der Waals surface area contributed by atoms with Crippen molar-refractivity contribution >= 4 is 5.95 Å². The topological polar surface area (TPSA) is 68.2 Å². The molecule has 114 valence electrons. The summed E-state index contributed by atoms with van der Waals surface area (Å²) in [6, 6.07) is 1.84. The molecule has 3 heterocycles. The van der Waals surface area contributed by atoms with Gasteiger partial charge < -0.3 is 4.90 Å². The zero-order valence-electron chi connectivity index (χ0n) is 12.1. The molecular formula is C13H21N7O. The first-order valence-electron chi connectivity index (χ1n) is 7.40. The van der Waals surface area contributed by atoms with Gasteiger partial charge in [-0.05, 0) is 6.07 Å². The van der Waals surface area contributed by atoms with Crippen LogP contribution in [-0.4, -0.2) is 83.8 Å². The Bertz CT molecular complexity index is 441. The minimum atomic E-state index is 0.737. The predicted molar refractivity (Wildman–Crippen MR) is 79.6 cm³/mol. The maximum atomic E-state index is 10.5. The molecule has 0 amide bonds. The Labute approximate surface area is 124 Å². The van der Waals surface area contributed by atoms with E-state index >= 15 is 0 Å². The van der Waals surface area contributed by atoms with E-state index in [0.29, 0.717) is 0 Å². The molecule has 8 heteroatoms. The van der Waals surface area contributed by atoms with Crippen LogP contribution >= 0.6 is 0 Å². The SMILES string of the molecule is O=NN1CCN(CN2CCN(c3ncccn3)CC2)CC1. The molecule has 3 rings (SSSR count). The Balaban J connectivity index is 1.43. The van der Waals surface area contributed by atoms with Crippen LogP contribution in [0.25, 0.3) is 0 Å². The van der Waals surface area contributed by atoms with Crippen LogP contribution in [0, 0.1) is 4.91 Å². The highest BCUT2D eigenvalue weighted by molar-refractivity contribution is 5.29. The van der Waals surface area contributed by atoms with Gasteiger partial charge in [-0.2, -0.15) is 0 Å². The van der Waals surface area contributed by atoms with E-state index in [2.05, 4.69) is 30.0 Å². The van der Waals surface area contributed by atoms with Gasteiger partial charge in [-0.15, -0.1) is 4.91 Å². The summed E-state index contributed by atoms with van der Waals surface area (Å²) in [5.41, 5.74) is 0. The number of hydrogen-bond donors (Lipinski definition) is 0. The molecule has 0 aromatic carbocycles. The second kappa shape index (κ2) is 6.77. The summed E-state index contributed by atoms with van der Waals surface area (Å²) < 4.78 is 0. The summed E-state index contributed by atoms with van der Waals surface area (Å²) >= 11 is 0. The van der Waals surface area contributed by atoms with Crippen molar-refractivity contribution in [3.8, 4) is 0 Å². The molecule has 2 aliphatic rings.